The van der Waals surface area contributed by atoms with Crippen molar-refractivity contribution in [3.05, 3.63) is 41.2 Å². The fraction of sp³-hybridized carbons (Fsp3) is 0.444. The Hall–Kier alpha value is -1.90. The van der Waals surface area contributed by atoms with E-state index in [1.807, 2.05) is 6.92 Å². The second-order valence-corrected chi connectivity index (χ2v) is 5.47. The quantitative estimate of drug-likeness (QED) is 0.846. The molecule has 0 aliphatic rings. The Morgan fingerprint density at radius 1 is 1.05 bits per heavy atom. The summed E-state index contributed by atoms with van der Waals surface area (Å²) in [7, 11) is 0. The van der Waals surface area contributed by atoms with Crippen LogP contribution in [0.5, 0.6) is 0 Å². The molecule has 0 saturated heterocycles. The fourth-order valence-electron chi connectivity index (χ4n) is 2.49. The molecule has 1 aromatic heterocycles. The maximum Gasteiger partial charge on any atom is 0.133 e. The molecule has 1 aromatic carbocycles. The van der Waals surface area contributed by atoms with Crippen LogP contribution in [-0.2, 0) is 6.42 Å². The molecule has 0 saturated carbocycles. The summed E-state index contributed by atoms with van der Waals surface area (Å²) in [6, 6.07) is 8.70. The van der Waals surface area contributed by atoms with E-state index in [2.05, 4.69) is 60.3 Å². The second-order valence-electron chi connectivity index (χ2n) is 5.47. The van der Waals surface area contributed by atoms with E-state index < -0.39 is 0 Å². The van der Waals surface area contributed by atoms with Crippen molar-refractivity contribution in [2.24, 2.45) is 0 Å². The van der Waals surface area contributed by atoms with Crippen molar-refractivity contribution >= 4 is 5.82 Å². The maximum absolute atomic E-state index is 4.66. The summed E-state index contributed by atoms with van der Waals surface area (Å²) in [5.41, 5.74) is 4.72. The van der Waals surface area contributed by atoms with Crippen molar-refractivity contribution in [1.29, 1.82) is 0 Å². The lowest BCUT2D eigenvalue weighted by Gasteiger charge is -2.13. The summed E-state index contributed by atoms with van der Waals surface area (Å²) in [4.78, 5) is 9.19. The van der Waals surface area contributed by atoms with Gasteiger partial charge in [0.1, 0.15) is 11.6 Å². The molecule has 21 heavy (non-hydrogen) atoms. The number of nitrogens with one attached hydrogen (secondary N) is 1. The van der Waals surface area contributed by atoms with E-state index in [1.54, 1.807) is 0 Å². The van der Waals surface area contributed by atoms with Crippen LogP contribution in [0.4, 0.5) is 5.82 Å². The summed E-state index contributed by atoms with van der Waals surface area (Å²) in [6.07, 6.45) is 3.36. The SMILES string of the molecule is CCCNc1nc(C)nc(-c2cccc(CCC)c2)c1C. The largest absolute Gasteiger partial charge is 0.370 e. The van der Waals surface area contributed by atoms with Gasteiger partial charge in [-0.25, -0.2) is 9.97 Å². The van der Waals surface area contributed by atoms with Crippen molar-refractivity contribution in [3.63, 3.8) is 0 Å². The van der Waals surface area contributed by atoms with Crippen LogP contribution in [-0.4, -0.2) is 16.5 Å². The number of aromatic nitrogens is 2. The van der Waals surface area contributed by atoms with Crippen LogP contribution in [0.3, 0.4) is 0 Å². The molecule has 0 spiro atoms. The highest BCUT2D eigenvalue weighted by molar-refractivity contribution is 5.68. The monoisotopic (exact) mass is 283 g/mol. The van der Waals surface area contributed by atoms with Gasteiger partial charge >= 0.3 is 0 Å². The van der Waals surface area contributed by atoms with Gasteiger partial charge in [0, 0.05) is 17.7 Å². The average molecular weight is 283 g/mol. The van der Waals surface area contributed by atoms with E-state index in [0.29, 0.717) is 0 Å². The van der Waals surface area contributed by atoms with Crippen LogP contribution >= 0.6 is 0 Å². The molecule has 0 atom stereocenters. The third-order valence-electron chi connectivity index (χ3n) is 3.54. The van der Waals surface area contributed by atoms with E-state index in [9.17, 15) is 0 Å². The highest BCUT2D eigenvalue weighted by Crippen LogP contribution is 2.26. The molecule has 2 aromatic rings. The lowest BCUT2D eigenvalue weighted by molar-refractivity contribution is 0.921. The number of benzene rings is 1. The van der Waals surface area contributed by atoms with E-state index in [4.69, 9.17) is 0 Å². The number of nitrogens with zero attached hydrogens (tertiary/aromatic N) is 2. The topological polar surface area (TPSA) is 37.8 Å². The Morgan fingerprint density at radius 2 is 1.86 bits per heavy atom. The van der Waals surface area contributed by atoms with Gasteiger partial charge in [0.25, 0.3) is 0 Å². The van der Waals surface area contributed by atoms with Crippen LogP contribution < -0.4 is 5.32 Å². The Bertz CT molecular complexity index is 605. The molecule has 3 nitrogen and oxygen atoms in total. The number of hydrogen-bond donors (Lipinski definition) is 1. The van der Waals surface area contributed by atoms with E-state index in [1.165, 1.54) is 11.1 Å². The van der Waals surface area contributed by atoms with E-state index in [0.717, 1.165) is 48.7 Å². The summed E-state index contributed by atoms with van der Waals surface area (Å²) >= 11 is 0. The lowest BCUT2D eigenvalue weighted by Crippen LogP contribution is -2.07. The molecule has 0 aliphatic carbocycles. The van der Waals surface area contributed by atoms with Gasteiger partial charge in [0.05, 0.1) is 5.69 Å². The molecule has 0 radical (unpaired) electrons. The second kappa shape index (κ2) is 7.21. The van der Waals surface area contributed by atoms with E-state index >= 15 is 0 Å². The first-order valence-corrected chi connectivity index (χ1v) is 7.84. The summed E-state index contributed by atoms with van der Waals surface area (Å²) in [6.45, 7) is 9.35. The molecule has 0 amide bonds. The Balaban J connectivity index is 2.43. The zero-order valence-electron chi connectivity index (χ0n) is 13.5. The van der Waals surface area contributed by atoms with Gasteiger partial charge in [-0.05, 0) is 38.3 Å². The minimum absolute atomic E-state index is 0.815. The molecule has 1 heterocycles. The maximum atomic E-state index is 4.66. The highest BCUT2D eigenvalue weighted by Gasteiger charge is 2.11. The summed E-state index contributed by atoms with van der Waals surface area (Å²) < 4.78 is 0. The number of hydrogen-bond acceptors (Lipinski definition) is 3. The normalized spacial score (nSPS) is 10.7. The Labute approximate surface area is 127 Å². The van der Waals surface area contributed by atoms with Crippen molar-refractivity contribution in [3.8, 4) is 11.3 Å². The number of rotatable bonds is 6. The predicted octanol–water partition coefficient (Wildman–Crippen LogP) is 4.53. The standard InChI is InChI=1S/C18H25N3/c1-5-8-15-9-7-10-16(12-15)17-13(3)18(19-11-6-2)21-14(4)20-17/h7,9-10,12H,5-6,8,11H2,1-4H3,(H,19,20,21). The lowest BCUT2D eigenvalue weighted by atomic mass is 10.0. The van der Waals surface area contributed by atoms with Crippen LogP contribution in [0.15, 0.2) is 24.3 Å². The number of anilines is 1. The van der Waals surface area contributed by atoms with E-state index in [-0.39, 0.29) is 0 Å². The van der Waals surface area contributed by atoms with Gasteiger partial charge < -0.3 is 5.32 Å². The van der Waals surface area contributed by atoms with Crippen molar-refractivity contribution in [1.82, 2.24) is 9.97 Å². The minimum Gasteiger partial charge on any atom is -0.370 e. The third kappa shape index (κ3) is 3.81. The zero-order valence-corrected chi connectivity index (χ0v) is 13.5. The smallest absolute Gasteiger partial charge is 0.133 e. The first kappa shape index (κ1) is 15.5. The van der Waals surface area contributed by atoms with Gasteiger partial charge in [-0.2, -0.15) is 0 Å². The van der Waals surface area contributed by atoms with Crippen molar-refractivity contribution in [2.75, 3.05) is 11.9 Å². The van der Waals surface area contributed by atoms with Gasteiger partial charge in [-0.3, -0.25) is 0 Å². The molecule has 0 aliphatic heterocycles. The molecule has 1 N–H and O–H groups in total. The first-order chi connectivity index (χ1) is 10.2. The Kier molecular flexibility index (Phi) is 5.32. The Morgan fingerprint density at radius 3 is 2.57 bits per heavy atom. The minimum atomic E-state index is 0.815. The van der Waals surface area contributed by atoms with Crippen LogP contribution in [0.1, 0.15) is 43.6 Å². The summed E-state index contributed by atoms with van der Waals surface area (Å²) in [5, 5.41) is 3.40. The highest BCUT2D eigenvalue weighted by atomic mass is 15.0. The molecule has 3 heteroatoms. The molecule has 0 bridgehead atoms. The predicted molar refractivity (Wildman–Crippen MR) is 89.7 cm³/mol. The molecule has 0 unspecified atom stereocenters. The summed E-state index contributed by atoms with van der Waals surface area (Å²) in [5.74, 6) is 1.77. The molecule has 0 fully saturated rings. The van der Waals surface area contributed by atoms with Crippen molar-refractivity contribution in [2.45, 2.75) is 47.0 Å². The molecule has 2 rings (SSSR count). The fourth-order valence-corrected chi connectivity index (χ4v) is 2.49. The van der Waals surface area contributed by atoms with Crippen molar-refractivity contribution < 1.29 is 0 Å². The third-order valence-corrected chi connectivity index (χ3v) is 3.54. The molecule has 112 valence electrons. The molecular weight excluding hydrogens is 258 g/mol. The molecular formula is C18H25N3. The van der Waals surface area contributed by atoms with Crippen LogP contribution in [0.25, 0.3) is 11.3 Å². The van der Waals surface area contributed by atoms with Gasteiger partial charge in [0.2, 0.25) is 0 Å². The zero-order chi connectivity index (χ0) is 15.2. The average Bonchev–Trinajstić information content (AvgIpc) is 2.48. The number of aryl methyl sites for hydroxylation is 2. The van der Waals surface area contributed by atoms with Gasteiger partial charge in [-0.15, -0.1) is 0 Å². The van der Waals surface area contributed by atoms with Crippen LogP contribution in [0.2, 0.25) is 0 Å². The van der Waals surface area contributed by atoms with Gasteiger partial charge in [-0.1, -0.05) is 38.5 Å². The van der Waals surface area contributed by atoms with Crippen LogP contribution in [0, 0.1) is 13.8 Å². The van der Waals surface area contributed by atoms with Gasteiger partial charge in [0.15, 0.2) is 0 Å². The first-order valence-electron chi connectivity index (χ1n) is 7.84.